The van der Waals surface area contributed by atoms with Gasteiger partial charge in [0.2, 0.25) is 5.91 Å². The average molecular weight is 420 g/mol. The van der Waals surface area contributed by atoms with Crippen molar-refractivity contribution in [3.8, 4) is 11.4 Å². The number of H-pyrrole nitrogens is 1. The van der Waals surface area contributed by atoms with E-state index in [1.165, 1.54) is 0 Å². The van der Waals surface area contributed by atoms with Crippen molar-refractivity contribution in [2.75, 3.05) is 0 Å². The van der Waals surface area contributed by atoms with E-state index in [0.29, 0.717) is 21.9 Å². The summed E-state index contributed by atoms with van der Waals surface area (Å²) in [6.07, 6.45) is 3.58. The van der Waals surface area contributed by atoms with Crippen molar-refractivity contribution in [3.05, 3.63) is 83.1 Å². The third-order valence-corrected chi connectivity index (χ3v) is 5.10. The molecule has 0 unspecified atom stereocenters. The molecule has 7 nitrogen and oxygen atoms in total. The van der Waals surface area contributed by atoms with E-state index in [4.69, 9.17) is 17.3 Å². The molecule has 0 saturated carbocycles. The van der Waals surface area contributed by atoms with Crippen molar-refractivity contribution in [3.63, 3.8) is 0 Å². The number of primary amides is 1. The van der Waals surface area contributed by atoms with Gasteiger partial charge in [0.1, 0.15) is 11.9 Å². The summed E-state index contributed by atoms with van der Waals surface area (Å²) in [5, 5.41) is 3.21. The number of halogens is 1. The maximum atomic E-state index is 12.8. The quantitative estimate of drug-likeness (QED) is 0.445. The number of aromatic nitrogens is 3. The summed E-state index contributed by atoms with van der Waals surface area (Å²) in [6.45, 7) is 0. The van der Waals surface area contributed by atoms with Crippen molar-refractivity contribution in [2.45, 2.75) is 12.5 Å². The van der Waals surface area contributed by atoms with E-state index >= 15 is 0 Å². The van der Waals surface area contributed by atoms with Gasteiger partial charge in [-0.1, -0.05) is 29.8 Å². The number of rotatable bonds is 6. The molecule has 1 atom stereocenters. The van der Waals surface area contributed by atoms with Gasteiger partial charge in [0.05, 0.1) is 11.0 Å². The van der Waals surface area contributed by atoms with Crippen LogP contribution in [0.3, 0.4) is 0 Å². The van der Waals surface area contributed by atoms with Crippen LogP contribution in [0.4, 0.5) is 0 Å². The first kappa shape index (κ1) is 19.6. The highest BCUT2D eigenvalue weighted by molar-refractivity contribution is 6.31. The van der Waals surface area contributed by atoms with Crippen LogP contribution in [0.2, 0.25) is 5.02 Å². The maximum absolute atomic E-state index is 12.8. The van der Waals surface area contributed by atoms with E-state index in [9.17, 15) is 9.59 Å². The molecule has 0 aliphatic rings. The first-order valence-corrected chi connectivity index (χ1v) is 9.63. The molecule has 8 heteroatoms. The molecule has 2 aromatic heterocycles. The summed E-state index contributed by atoms with van der Waals surface area (Å²) in [7, 11) is 0. The van der Waals surface area contributed by atoms with E-state index in [0.717, 1.165) is 16.6 Å². The van der Waals surface area contributed by atoms with Crippen molar-refractivity contribution >= 4 is 34.4 Å². The molecule has 2 aromatic carbocycles. The molecule has 4 aromatic rings. The number of amides is 2. The van der Waals surface area contributed by atoms with E-state index in [1.807, 2.05) is 18.2 Å². The predicted octanol–water partition coefficient (Wildman–Crippen LogP) is 3.10. The molecule has 0 fully saturated rings. The van der Waals surface area contributed by atoms with E-state index in [2.05, 4.69) is 20.3 Å². The lowest BCUT2D eigenvalue weighted by molar-refractivity contribution is -0.119. The van der Waals surface area contributed by atoms with E-state index in [-0.39, 0.29) is 6.42 Å². The Balaban J connectivity index is 1.55. The molecule has 0 saturated heterocycles. The lowest BCUT2D eigenvalue weighted by atomic mass is 10.0. The molecule has 4 rings (SSSR count). The molecular weight excluding hydrogens is 402 g/mol. The van der Waals surface area contributed by atoms with Crippen LogP contribution < -0.4 is 11.1 Å². The Labute approximate surface area is 177 Å². The normalized spacial score (nSPS) is 11.9. The van der Waals surface area contributed by atoms with Crippen LogP contribution in [-0.2, 0) is 11.2 Å². The van der Waals surface area contributed by atoms with Crippen molar-refractivity contribution in [2.24, 2.45) is 5.73 Å². The minimum atomic E-state index is -0.887. The van der Waals surface area contributed by atoms with Gasteiger partial charge in [-0.05, 0) is 42.0 Å². The zero-order valence-corrected chi connectivity index (χ0v) is 16.6. The Morgan fingerprint density at radius 2 is 1.87 bits per heavy atom. The van der Waals surface area contributed by atoms with Crippen LogP contribution in [0.5, 0.6) is 0 Å². The monoisotopic (exact) mass is 419 g/mol. The fourth-order valence-corrected chi connectivity index (χ4v) is 3.36. The number of hydrogen-bond acceptors (Lipinski definition) is 4. The third kappa shape index (κ3) is 4.16. The fraction of sp³-hybridized carbons (Fsp3) is 0.0909. The topological polar surface area (TPSA) is 114 Å². The number of fused-ring (bicyclic) bond motifs is 1. The maximum Gasteiger partial charge on any atom is 0.252 e. The van der Waals surface area contributed by atoms with Gasteiger partial charge in [-0.25, -0.2) is 4.98 Å². The minimum absolute atomic E-state index is 0.208. The molecule has 0 radical (unpaired) electrons. The van der Waals surface area contributed by atoms with Crippen molar-refractivity contribution < 1.29 is 9.59 Å². The van der Waals surface area contributed by atoms with E-state index in [1.54, 1.807) is 48.8 Å². The number of carbonyl (C=O) groups excluding carboxylic acids is 2. The Morgan fingerprint density at radius 1 is 1.10 bits per heavy atom. The van der Waals surface area contributed by atoms with Gasteiger partial charge in [-0.15, -0.1) is 0 Å². The highest BCUT2D eigenvalue weighted by Gasteiger charge is 2.21. The summed E-state index contributed by atoms with van der Waals surface area (Å²) in [5.74, 6) is -0.364. The number of hydrogen-bond donors (Lipinski definition) is 3. The van der Waals surface area contributed by atoms with Crippen molar-refractivity contribution in [1.29, 1.82) is 0 Å². The van der Waals surface area contributed by atoms with Gasteiger partial charge in [0, 0.05) is 35.0 Å². The molecule has 0 bridgehead atoms. The number of aromatic amines is 1. The first-order valence-electron chi connectivity index (χ1n) is 9.25. The number of pyridine rings is 1. The van der Waals surface area contributed by atoms with Crippen LogP contribution in [0.1, 0.15) is 15.9 Å². The summed E-state index contributed by atoms with van der Waals surface area (Å²) in [5.41, 5.74) is 8.94. The molecule has 0 aliphatic carbocycles. The predicted molar refractivity (Wildman–Crippen MR) is 115 cm³/mol. The molecule has 0 spiro atoms. The third-order valence-electron chi connectivity index (χ3n) is 4.73. The highest BCUT2D eigenvalue weighted by Crippen LogP contribution is 2.21. The Kier molecular flexibility index (Phi) is 5.45. The Morgan fingerprint density at radius 3 is 2.60 bits per heavy atom. The number of nitrogens with one attached hydrogen (secondary N) is 2. The van der Waals surface area contributed by atoms with Crippen LogP contribution in [0.25, 0.3) is 22.4 Å². The second-order valence-corrected chi connectivity index (χ2v) is 7.18. The molecule has 0 aliphatic heterocycles. The number of benzene rings is 2. The zero-order chi connectivity index (χ0) is 21.1. The number of carbonyl (C=O) groups is 2. The van der Waals surface area contributed by atoms with Crippen LogP contribution in [0.15, 0.2) is 67.0 Å². The van der Waals surface area contributed by atoms with Crippen LogP contribution >= 0.6 is 11.6 Å². The second kappa shape index (κ2) is 8.34. The minimum Gasteiger partial charge on any atom is -0.368 e. The van der Waals surface area contributed by atoms with Crippen LogP contribution in [0, 0.1) is 0 Å². The molecule has 150 valence electrons. The van der Waals surface area contributed by atoms with Gasteiger partial charge < -0.3 is 16.0 Å². The van der Waals surface area contributed by atoms with Gasteiger partial charge in [0.25, 0.3) is 5.91 Å². The van der Waals surface area contributed by atoms with Gasteiger partial charge in [0.15, 0.2) is 0 Å². The lowest BCUT2D eigenvalue weighted by Gasteiger charge is -2.16. The summed E-state index contributed by atoms with van der Waals surface area (Å²) < 4.78 is 0. The summed E-state index contributed by atoms with van der Waals surface area (Å²) >= 11 is 6.16. The standard InChI is InChI=1S/C22H18ClN5O2/c23-16-4-2-1-3-14(16)11-19(20(24)29)28-22(30)15-5-6-17-18(12-15)27-21(26-17)13-7-9-25-10-8-13/h1-10,12,19H,11H2,(H2,24,29)(H,26,27)(H,28,30)/t19-/m0/s1. The molecule has 2 amide bonds. The fourth-order valence-electron chi connectivity index (χ4n) is 3.15. The summed E-state index contributed by atoms with van der Waals surface area (Å²) in [6, 6.07) is 15.0. The second-order valence-electron chi connectivity index (χ2n) is 6.78. The number of nitrogens with zero attached hydrogens (tertiary/aromatic N) is 2. The largest absolute Gasteiger partial charge is 0.368 e. The lowest BCUT2D eigenvalue weighted by Crippen LogP contribution is -2.45. The molecule has 4 N–H and O–H groups in total. The Bertz CT molecular complexity index is 1220. The first-order chi connectivity index (χ1) is 14.5. The summed E-state index contributed by atoms with van der Waals surface area (Å²) in [4.78, 5) is 36.4. The highest BCUT2D eigenvalue weighted by atomic mass is 35.5. The number of nitrogens with two attached hydrogens (primary N) is 1. The van der Waals surface area contributed by atoms with Crippen LogP contribution in [-0.4, -0.2) is 32.8 Å². The van der Waals surface area contributed by atoms with Gasteiger partial charge in [-0.2, -0.15) is 0 Å². The average Bonchev–Trinajstić information content (AvgIpc) is 3.18. The Hall–Kier alpha value is -3.71. The molecule has 2 heterocycles. The zero-order valence-electron chi connectivity index (χ0n) is 15.8. The molecule has 30 heavy (non-hydrogen) atoms. The van der Waals surface area contributed by atoms with Gasteiger partial charge >= 0.3 is 0 Å². The smallest absolute Gasteiger partial charge is 0.252 e. The number of imidazole rings is 1. The van der Waals surface area contributed by atoms with Gasteiger partial charge in [-0.3, -0.25) is 14.6 Å². The molecular formula is C22H18ClN5O2. The van der Waals surface area contributed by atoms with Crippen molar-refractivity contribution in [1.82, 2.24) is 20.3 Å². The SMILES string of the molecule is NC(=O)[C@H](Cc1ccccc1Cl)NC(=O)c1ccc2nc(-c3ccncc3)[nH]c2c1. The van der Waals surface area contributed by atoms with E-state index < -0.39 is 17.9 Å².